The first kappa shape index (κ1) is 31.1. The first-order valence-corrected chi connectivity index (χ1v) is 14.7. The number of hydrogen-bond donors (Lipinski definition) is 4. The van der Waals surface area contributed by atoms with Crippen molar-refractivity contribution in [1.82, 2.24) is 15.1 Å². The third-order valence-electron chi connectivity index (χ3n) is 8.01. The highest BCUT2D eigenvalue weighted by Crippen LogP contribution is 2.29. The number of urea groups is 2. The molecular weight excluding hydrogens is 541 g/mol. The van der Waals surface area contributed by atoms with Crippen molar-refractivity contribution in [1.29, 1.82) is 0 Å². The van der Waals surface area contributed by atoms with E-state index < -0.39 is 24.0 Å². The molecule has 0 aromatic heterocycles. The van der Waals surface area contributed by atoms with Crippen LogP contribution in [0.4, 0.5) is 25.4 Å². The minimum atomic E-state index is -0.500. The van der Waals surface area contributed by atoms with Crippen LogP contribution in [0.25, 0.3) is 0 Å². The number of carbonyl (C=O) groups excluding carboxylic acids is 3. The van der Waals surface area contributed by atoms with Crippen molar-refractivity contribution in [2.24, 2.45) is 5.92 Å². The van der Waals surface area contributed by atoms with Crippen molar-refractivity contribution in [3.8, 4) is 5.75 Å². The fraction of sp³-hybridized carbons (Fsp3) is 0.516. The van der Waals surface area contributed by atoms with Gasteiger partial charge in [-0.3, -0.25) is 4.79 Å². The summed E-state index contributed by atoms with van der Waals surface area (Å²) in [7, 11) is 1.64. The summed E-state index contributed by atoms with van der Waals surface area (Å²) in [5.74, 6) is -0.273. The Morgan fingerprint density at radius 3 is 2.48 bits per heavy atom. The molecular formula is C31H42FN5O5. The molecule has 10 nitrogen and oxygen atoms in total. The lowest BCUT2D eigenvalue weighted by atomic mass is 9.96. The van der Waals surface area contributed by atoms with Crippen LogP contribution >= 0.6 is 0 Å². The van der Waals surface area contributed by atoms with E-state index >= 15 is 0 Å². The van der Waals surface area contributed by atoms with E-state index in [1.54, 1.807) is 37.1 Å². The number of likely N-dealkylation sites (N-methyl/N-ethyl adjacent to an activating group) is 1. The largest absolute Gasteiger partial charge is 0.488 e. The first-order valence-electron chi connectivity index (χ1n) is 14.7. The number of rotatable bonds is 7. The van der Waals surface area contributed by atoms with Gasteiger partial charge in [-0.1, -0.05) is 26.2 Å². The third kappa shape index (κ3) is 8.34. The van der Waals surface area contributed by atoms with Gasteiger partial charge in [0.2, 0.25) is 5.91 Å². The van der Waals surface area contributed by atoms with E-state index in [2.05, 4.69) is 16.0 Å². The number of hydrogen-bond acceptors (Lipinski definition) is 5. The summed E-state index contributed by atoms with van der Waals surface area (Å²) in [6.45, 7) is 4.06. The number of anilines is 2. The maximum Gasteiger partial charge on any atom is 0.321 e. The zero-order valence-corrected chi connectivity index (χ0v) is 24.6. The summed E-state index contributed by atoms with van der Waals surface area (Å²) in [4.78, 5) is 42.2. The summed E-state index contributed by atoms with van der Waals surface area (Å²) >= 11 is 0. The van der Waals surface area contributed by atoms with Gasteiger partial charge in [0, 0.05) is 42.5 Å². The molecule has 1 aliphatic heterocycles. The first-order chi connectivity index (χ1) is 20.1. The zero-order chi connectivity index (χ0) is 30.2. The van der Waals surface area contributed by atoms with Gasteiger partial charge in [0.05, 0.1) is 25.6 Å². The maximum atomic E-state index is 13.4. The Morgan fingerprint density at radius 1 is 1.10 bits per heavy atom. The van der Waals surface area contributed by atoms with Gasteiger partial charge in [-0.15, -0.1) is 0 Å². The minimum Gasteiger partial charge on any atom is -0.488 e. The van der Waals surface area contributed by atoms with Crippen LogP contribution in [-0.4, -0.2) is 77.8 Å². The van der Waals surface area contributed by atoms with Crippen LogP contribution in [0.2, 0.25) is 0 Å². The second-order valence-corrected chi connectivity index (χ2v) is 11.5. The Bertz CT molecular complexity index is 1240. The standard InChI is InChI=1S/C31H42FN5O5/c1-20-17-37(21(2)19-38)29(39)16-22-15-26(34-30(40)33-24-7-5-4-6-8-24)13-14-27(22)42-28(20)18-36(3)31(41)35-25-11-9-23(32)10-12-25/h9-15,20-21,24,28,38H,4-8,16-19H2,1-3H3,(H,35,41)(H2,33,34,40)/t20-,21+,28-/m1/s1. The van der Waals surface area contributed by atoms with Crippen molar-refractivity contribution in [2.75, 3.05) is 37.4 Å². The zero-order valence-electron chi connectivity index (χ0n) is 24.6. The highest BCUT2D eigenvalue weighted by atomic mass is 19.1. The van der Waals surface area contributed by atoms with E-state index in [-0.39, 0.29) is 43.5 Å². The molecule has 1 saturated carbocycles. The van der Waals surface area contributed by atoms with Crippen molar-refractivity contribution in [2.45, 2.75) is 70.6 Å². The third-order valence-corrected chi connectivity index (χ3v) is 8.01. The molecule has 0 unspecified atom stereocenters. The summed E-state index contributed by atoms with van der Waals surface area (Å²) in [5.41, 5.74) is 1.60. The van der Waals surface area contributed by atoms with Gasteiger partial charge in [-0.05, 0) is 62.2 Å². The van der Waals surface area contributed by atoms with Crippen LogP contribution in [0.5, 0.6) is 5.75 Å². The monoisotopic (exact) mass is 583 g/mol. The summed E-state index contributed by atoms with van der Waals surface area (Å²) < 4.78 is 19.7. The van der Waals surface area contributed by atoms with Gasteiger partial charge >= 0.3 is 12.1 Å². The van der Waals surface area contributed by atoms with Crippen molar-refractivity contribution < 1.29 is 28.6 Å². The van der Waals surface area contributed by atoms with Crippen LogP contribution < -0.4 is 20.7 Å². The number of halogens is 1. The van der Waals surface area contributed by atoms with Crippen molar-refractivity contribution in [3.63, 3.8) is 0 Å². The molecule has 42 heavy (non-hydrogen) atoms. The summed E-state index contributed by atoms with van der Waals surface area (Å²) in [6, 6.07) is 9.80. The van der Waals surface area contributed by atoms with Gasteiger partial charge < -0.3 is 35.6 Å². The number of benzene rings is 2. The molecule has 228 valence electrons. The van der Waals surface area contributed by atoms with E-state index in [1.165, 1.54) is 35.6 Å². The molecule has 4 rings (SSSR count). The predicted octanol–water partition coefficient (Wildman–Crippen LogP) is 4.59. The molecule has 5 amide bonds. The van der Waals surface area contributed by atoms with Crippen LogP contribution in [0, 0.1) is 11.7 Å². The highest BCUT2D eigenvalue weighted by Gasteiger charge is 2.32. The van der Waals surface area contributed by atoms with E-state index in [0.717, 1.165) is 25.7 Å². The average Bonchev–Trinajstić information content (AvgIpc) is 3.01. The normalized spacial score (nSPS) is 20.2. The fourth-order valence-electron chi connectivity index (χ4n) is 5.43. The smallest absolute Gasteiger partial charge is 0.321 e. The second kappa shape index (κ2) is 14.4. The van der Waals surface area contributed by atoms with E-state index in [1.807, 2.05) is 6.92 Å². The molecule has 2 aromatic rings. The molecule has 1 fully saturated rings. The molecule has 2 aromatic carbocycles. The summed E-state index contributed by atoms with van der Waals surface area (Å²) in [6.07, 6.45) is 4.87. The predicted molar refractivity (Wildman–Crippen MR) is 159 cm³/mol. The van der Waals surface area contributed by atoms with Crippen LogP contribution in [0.15, 0.2) is 42.5 Å². The Morgan fingerprint density at radius 2 is 1.79 bits per heavy atom. The van der Waals surface area contributed by atoms with E-state index in [4.69, 9.17) is 4.74 Å². The van der Waals surface area contributed by atoms with Crippen LogP contribution in [-0.2, 0) is 11.2 Å². The van der Waals surface area contributed by atoms with Gasteiger partial charge in [-0.2, -0.15) is 0 Å². The van der Waals surface area contributed by atoms with E-state index in [0.29, 0.717) is 29.2 Å². The number of amides is 5. The number of ether oxygens (including phenoxy) is 1. The maximum absolute atomic E-state index is 13.4. The second-order valence-electron chi connectivity index (χ2n) is 11.5. The van der Waals surface area contributed by atoms with Gasteiger partial charge in [0.25, 0.3) is 0 Å². The van der Waals surface area contributed by atoms with Crippen molar-refractivity contribution in [3.05, 3.63) is 53.8 Å². The van der Waals surface area contributed by atoms with Crippen LogP contribution in [0.3, 0.4) is 0 Å². The number of fused-ring (bicyclic) bond motifs is 1. The lowest BCUT2D eigenvalue weighted by molar-refractivity contribution is -0.134. The van der Waals surface area contributed by atoms with Gasteiger partial charge in [-0.25, -0.2) is 14.0 Å². The number of nitrogens with zero attached hydrogens (tertiary/aromatic N) is 2. The Balaban J connectivity index is 1.53. The number of carbonyl (C=O) groups is 3. The molecule has 11 heteroatoms. The van der Waals surface area contributed by atoms with E-state index in [9.17, 15) is 23.9 Å². The molecule has 0 spiro atoms. The summed E-state index contributed by atoms with van der Waals surface area (Å²) in [5, 5.41) is 18.6. The quantitative estimate of drug-likeness (QED) is 0.380. The minimum absolute atomic E-state index is 0.0275. The molecule has 3 atom stereocenters. The lowest BCUT2D eigenvalue weighted by Crippen LogP contribution is -2.48. The molecule has 2 aliphatic rings. The van der Waals surface area contributed by atoms with Crippen molar-refractivity contribution >= 4 is 29.3 Å². The molecule has 4 N–H and O–H groups in total. The van der Waals surface area contributed by atoms with Crippen LogP contribution in [0.1, 0.15) is 51.5 Å². The average molecular weight is 584 g/mol. The molecule has 0 radical (unpaired) electrons. The SMILES string of the molecule is C[C@@H]1CN([C@@H](C)CO)C(=O)Cc2cc(NC(=O)NC3CCCCC3)ccc2O[C@@H]1CN(C)C(=O)Nc1ccc(F)cc1. The fourth-order valence-corrected chi connectivity index (χ4v) is 5.43. The Labute approximate surface area is 246 Å². The van der Waals surface area contributed by atoms with Gasteiger partial charge in [0.1, 0.15) is 17.7 Å². The number of aliphatic hydroxyl groups is 1. The lowest BCUT2D eigenvalue weighted by Gasteiger charge is -2.34. The molecule has 0 saturated heterocycles. The highest BCUT2D eigenvalue weighted by molar-refractivity contribution is 5.90. The Hall–Kier alpha value is -3.86. The topological polar surface area (TPSA) is 123 Å². The molecule has 1 heterocycles. The molecule has 1 aliphatic carbocycles. The Kier molecular flexibility index (Phi) is 10.6. The molecule has 0 bridgehead atoms. The van der Waals surface area contributed by atoms with Gasteiger partial charge in [0.15, 0.2) is 0 Å². The number of nitrogens with one attached hydrogen (secondary N) is 3. The number of aliphatic hydroxyl groups excluding tert-OH is 1.